The monoisotopic (exact) mass is 623 g/mol. The third-order valence-electron chi connectivity index (χ3n) is 7.78. The van der Waals surface area contributed by atoms with Crippen LogP contribution < -0.4 is 10.6 Å². The summed E-state index contributed by atoms with van der Waals surface area (Å²) in [7, 11) is -0.465. The van der Waals surface area contributed by atoms with E-state index >= 15 is 0 Å². The molecule has 0 saturated carbocycles. The van der Waals surface area contributed by atoms with Crippen LogP contribution in [0.1, 0.15) is 87.1 Å². The minimum absolute atomic E-state index is 0.134. The molecule has 1 aromatic carbocycles. The highest BCUT2D eigenvalue weighted by Gasteiger charge is 2.51. The number of rotatable bonds is 13. The summed E-state index contributed by atoms with van der Waals surface area (Å²) in [4.78, 5) is 38.9. The van der Waals surface area contributed by atoms with Crippen LogP contribution in [0, 0.1) is 0 Å². The molecule has 3 N–H and O–H groups in total. The van der Waals surface area contributed by atoms with Gasteiger partial charge in [-0.05, 0) is 78.5 Å². The SMILES string of the molecule is CN([C@](CO)(CCCNC(=O)OC(C)(C)C)OC(=O)[C@H](CCc1ccccc1)NC(=O)OC(C)(C)C)[Si](C)(C)C(C)(C)C. The van der Waals surface area contributed by atoms with Gasteiger partial charge in [0.05, 0.1) is 6.61 Å². The summed E-state index contributed by atoms with van der Waals surface area (Å²) in [5.74, 6) is -0.665. The normalized spacial score (nSPS) is 14.8. The van der Waals surface area contributed by atoms with E-state index in [0.29, 0.717) is 12.8 Å². The second-order valence-corrected chi connectivity index (χ2v) is 19.9. The number of amides is 2. The Balaban J connectivity index is 3.32. The molecule has 0 aliphatic carbocycles. The van der Waals surface area contributed by atoms with E-state index in [1.54, 1.807) is 41.5 Å². The molecule has 10 nitrogen and oxygen atoms in total. The minimum atomic E-state index is -2.34. The average Bonchev–Trinajstić information content (AvgIpc) is 2.85. The second kappa shape index (κ2) is 15.4. The number of likely N-dealkylation sites (N-methyl/N-ethyl adjacent to an activating group) is 1. The number of esters is 1. The number of nitrogens with one attached hydrogen (secondary N) is 2. The summed E-state index contributed by atoms with van der Waals surface area (Å²) in [5, 5.41) is 16.2. The van der Waals surface area contributed by atoms with Gasteiger partial charge in [-0.15, -0.1) is 0 Å². The Labute approximate surface area is 260 Å². The van der Waals surface area contributed by atoms with Crippen molar-refractivity contribution < 1.29 is 33.7 Å². The molecule has 0 aliphatic heterocycles. The molecule has 0 radical (unpaired) electrons. The van der Waals surface area contributed by atoms with Gasteiger partial charge in [0.2, 0.25) is 0 Å². The second-order valence-electron chi connectivity index (χ2n) is 14.6. The quantitative estimate of drug-likeness (QED) is 0.0805. The number of hydrogen-bond acceptors (Lipinski definition) is 8. The van der Waals surface area contributed by atoms with Crippen LogP contribution in [0.5, 0.6) is 0 Å². The molecule has 0 unspecified atom stereocenters. The zero-order valence-electron chi connectivity index (χ0n) is 28.6. The number of carbonyl (C=O) groups is 3. The first-order valence-corrected chi connectivity index (χ1v) is 18.1. The summed E-state index contributed by atoms with van der Waals surface area (Å²) >= 11 is 0. The Hall–Kier alpha value is -2.63. The first-order chi connectivity index (χ1) is 19.5. The summed E-state index contributed by atoms with van der Waals surface area (Å²) in [6.07, 6.45) is 0.163. The van der Waals surface area contributed by atoms with E-state index in [-0.39, 0.29) is 24.4 Å². The molecule has 2 amide bonds. The van der Waals surface area contributed by atoms with Crippen molar-refractivity contribution >= 4 is 26.4 Å². The Morgan fingerprint density at radius 2 is 1.42 bits per heavy atom. The van der Waals surface area contributed by atoms with Gasteiger partial charge in [-0.1, -0.05) is 64.2 Å². The lowest BCUT2D eigenvalue weighted by atomic mass is 10.0. The number of alkyl carbamates (subject to hydrolysis) is 2. The van der Waals surface area contributed by atoms with Crippen molar-refractivity contribution in [1.29, 1.82) is 0 Å². The number of ether oxygens (including phenoxy) is 3. The van der Waals surface area contributed by atoms with Gasteiger partial charge < -0.3 is 30.0 Å². The van der Waals surface area contributed by atoms with E-state index in [1.807, 2.05) is 41.9 Å². The van der Waals surface area contributed by atoms with Crippen LogP contribution in [-0.4, -0.2) is 79.2 Å². The Bertz CT molecular complexity index is 1050. The van der Waals surface area contributed by atoms with Gasteiger partial charge >= 0.3 is 18.2 Å². The van der Waals surface area contributed by atoms with Crippen LogP contribution in [0.2, 0.25) is 18.1 Å². The molecule has 1 rings (SSSR count). The molecule has 0 bridgehead atoms. The first-order valence-electron chi connectivity index (χ1n) is 15.1. The number of hydrogen-bond donors (Lipinski definition) is 3. The third-order valence-corrected chi connectivity index (χ3v) is 13.5. The van der Waals surface area contributed by atoms with E-state index in [2.05, 4.69) is 44.5 Å². The highest BCUT2D eigenvalue weighted by molar-refractivity contribution is 6.77. The molecule has 0 saturated heterocycles. The van der Waals surface area contributed by atoms with Crippen molar-refractivity contribution in [2.75, 3.05) is 20.2 Å². The number of carbonyl (C=O) groups excluding carboxylic acids is 3. The lowest BCUT2D eigenvalue weighted by Crippen LogP contribution is -2.66. The zero-order chi connectivity index (χ0) is 33.3. The molecule has 43 heavy (non-hydrogen) atoms. The topological polar surface area (TPSA) is 126 Å². The minimum Gasteiger partial charge on any atom is -0.444 e. The van der Waals surface area contributed by atoms with Crippen LogP contribution in [-0.2, 0) is 25.4 Å². The van der Waals surface area contributed by atoms with Crippen molar-refractivity contribution in [3.05, 3.63) is 35.9 Å². The van der Waals surface area contributed by atoms with Gasteiger partial charge in [-0.25, -0.2) is 14.4 Å². The van der Waals surface area contributed by atoms with Crippen LogP contribution >= 0.6 is 0 Å². The third kappa shape index (κ3) is 12.9. The Morgan fingerprint density at radius 1 is 0.884 bits per heavy atom. The van der Waals surface area contributed by atoms with Gasteiger partial charge in [0, 0.05) is 13.0 Å². The fraction of sp³-hybridized carbons (Fsp3) is 0.719. The van der Waals surface area contributed by atoms with Gasteiger partial charge in [-0.2, -0.15) is 0 Å². The number of aliphatic hydroxyl groups excluding tert-OH is 1. The number of aryl methyl sites for hydroxylation is 1. The van der Waals surface area contributed by atoms with Gasteiger partial charge in [0.15, 0.2) is 5.72 Å². The van der Waals surface area contributed by atoms with Crippen LogP contribution in [0.25, 0.3) is 0 Å². The molecule has 246 valence electrons. The zero-order valence-corrected chi connectivity index (χ0v) is 29.6. The lowest BCUT2D eigenvalue weighted by molar-refractivity contribution is -0.187. The molecule has 2 atom stereocenters. The Morgan fingerprint density at radius 3 is 1.91 bits per heavy atom. The van der Waals surface area contributed by atoms with Crippen LogP contribution in [0.15, 0.2) is 30.3 Å². The van der Waals surface area contributed by atoms with Crippen molar-refractivity contribution in [3.63, 3.8) is 0 Å². The fourth-order valence-corrected chi connectivity index (χ4v) is 6.55. The van der Waals surface area contributed by atoms with E-state index in [0.717, 1.165) is 5.56 Å². The number of benzene rings is 1. The molecular formula is C32H57N3O7Si. The van der Waals surface area contributed by atoms with Gasteiger partial charge in [0.1, 0.15) is 25.5 Å². The molecule has 0 heterocycles. The molecule has 0 spiro atoms. The summed E-state index contributed by atoms with van der Waals surface area (Å²) in [6, 6.07) is 8.64. The number of aliphatic hydroxyl groups is 1. The molecule has 0 aromatic heterocycles. The largest absolute Gasteiger partial charge is 0.444 e. The van der Waals surface area contributed by atoms with Crippen molar-refractivity contribution in [2.24, 2.45) is 0 Å². The molecular weight excluding hydrogens is 566 g/mol. The summed E-state index contributed by atoms with van der Waals surface area (Å²) in [5.41, 5.74) is -1.77. The summed E-state index contributed by atoms with van der Waals surface area (Å²) < 4.78 is 19.1. The lowest BCUT2D eigenvalue weighted by Gasteiger charge is -2.52. The predicted octanol–water partition coefficient (Wildman–Crippen LogP) is 5.99. The highest BCUT2D eigenvalue weighted by atomic mass is 28.3. The van der Waals surface area contributed by atoms with E-state index in [1.165, 1.54) is 0 Å². The smallest absolute Gasteiger partial charge is 0.408 e. The van der Waals surface area contributed by atoms with Crippen molar-refractivity contribution in [1.82, 2.24) is 15.2 Å². The maximum absolute atomic E-state index is 13.9. The highest BCUT2D eigenvalue weighted by Crippen LogP contribution is 2.42. The average molecular weight is 624 g/mol. The predicted molar refractivity (Wildman–Crippen MR) is 172 cm³/mol. The van der Waals surface area contributed by atoms with E-state index in [4.69, 9.17) is 14.2 Å². The first kappa shape index (κ1) is 38.4. The van der Waals surface area contributed by atoms with Crippen molar-refractivity contribution in [3.8, 4) is 0 Å². The maximum atomic E-state index is 13.9. The van der Waals surface area contributed by atoms with Crippen LogP contribution in [0.4, 0.5) is 9.59 Å². The van der Waals surface area contributed by atoms with Gasteiger partial charge in [0.25, 0.3) is 0 Å². The molecule has 0 aliphatic rings. The van der Waals surface area contributed by atoms with Gasteiger partial charge in [-0.3, -0.25) is 4.57 Å². The molecule has 1 aromatic rings. The fourth-order valence-electron chi connectivity index (χ4n) is 4.30. The molecule has 0 fully saturated rings. The number of nitrogens with zero attached hydrogens (tertiary/aromatic N) is 1. The van der Waals surface area contributed by atoms with Crippen LogP contribution in [0.3, 0.4) is 0 Å². The van der Waals surface area contributed by atoms with Crippen molar-refractivity contribution in [2.45, 2.75) is 129 Å². The standard InChI is InChI=1S/C32H57N3O7Si/c1-29(2,3)41-27(38)33-22-16-21-32(23-36,35(10)43(11,12)31(7,8)9)40-26(37)25(34-28(39)42-30(4,5)6)20-19-24-17-14-13-15-18-24/h13-15,17-18,25,36H,16,19-23H2,1-12H3,(H,33,38)(H,34,39)/t25-,32+/m0/s1. The maximum Gasteiger partial charge on any atom is 0.408 e. The molecule has 11 heteroatoms. The van der Waals surface area contributed by atoms with E-state index in [9.17, 15) is 19.5 Å². The summed E-state index contributed by atoms with van der Waals surface area (Å²) in [6.45, 7) is 21.1. The van der Waals surface area contributed by atoms with E-state index < -0.39 is 56.0 Å². The Kier molecular flexibility index (Phi) is 13.7.